The number of nitrogens with zero attached hydrogens (tertiary/aromatic N) is 1. The first-order valence-corrected chi connectivity index (χ1v) is 9.42. The average Bonchev–Trinajstić information content (AvgIpc) is 3.32. The van der Waals surface area contributed by atoms with Crippen LogP contribution in [0.5, 0.6) is 0 Å². The first-order chi connectivity index (χ1) is 13.5. The second kappa shape index (κ2) is 7.46. The molecule has 1 fully saturated rings. The molecule has 0 bridgehead atoms. The lowest BCUT2D eigenvalue weighted by Crippen LogP contribution is -2.40. The standard InChI is InChI=1S/C22H21FN2O3/c23-15-8-10-18-17(13-15)16(21(24-18)14-5-2-1-3-6-14)9-11-20(26)25-12-4-7-19(25)22(27)28/h1-3,5-6,8,10,13,19,24H,4,7,9,11-12H2,(H,27,28). The number of carbonyl (C=O) groups is 2. The number of H-pyrrole nitrogens is 1. The van der Waals surface area contributed by atoms with Gasteiger partial charge < -0.3 is 15.0 Å². The summed E-state index contributed by atoms with van der Waals surface area (Å²) in [5.74, 6) is -1.45. The number of hydrogen-bond acceptors (Lipinski definition) is 2. The Morgan fingerprint density at radius 2 is 1.96 bits per heavy atom. The number of carboxylic acid groups (broad SMARTS) is 1. The van der Waals surface area contributed by atoms with Crippen molar-refractivity contribution >= 4 is 22.8 Å². The fraction of sp³-hybridized carbons (Fsp3) is 0.273. The van der Waals surface area contributed by atoms with E-state index in [1.165, 1.54) is 17.0 Å². The number of nitrogens with one attached hydrogen (secondary N) is 1. The summed E-state index contributed by atoms with van der Waals surface area (Å²) in [6, 6.07) is 13.6. The predicted molar refractivity (Wildman–Crippen MR) is 104 cm³/mol. The summed E-state index contributed by atoms with van der Waals surface area (Å²) in [6.45, 7) is 0.476. The number of aromatic nitrogens is 1. The van der Waals surface area contributed by atoms with E-state index in [0.717, 1.165) is 27.7 Å². The van der Waals surface area contributed by atoms with Gasteiger partial charge in [0.2, 0.25) is 5.91 Å². The smallest absolute Gasteiger partial charge is 0.326 e. The number of benzene rings is 2. The van der Waals surface area contributed by atoms with Gasteiger partial charge in [-0.3, -0.25) is 4.79 Å². The molecule has 2 heterocycles. The summed E-state index contributed by atoms with van der Waals surface area (Å²) < 4.78 is 13.9. The summed E-state index contributed by atoms with van der Waals surface area (Å²) in [5, 5.41) is 10.1. The van der Waals surface area contributed by atoms with Crippen molar-refractivity contribution in [3.05, 3.63) is 59.9 Å². The maximum Gasteiger partial charge on any atom is 0.326 e. The van der Waals surface area contributed by atoms with Gasteiger partial charge in [0.25, 0.3) is 0 Å². The van der Waals surface area contributed by atoms with Gasteiger partial charge in [0.1, 0.15) is 11.9 Å². The molecule has 1 atom stereocenters. The largest absolute Gasteiger partial charge is 0.480 e. The quantitative estimate of drug-likeness (QED) is 0.703. The van der Waals surface area contributed by atoms with E-state index < -0.39 is 12.0 Å². The van der Waals surface area contributed by atoms with Crippen molar-refractivity contribution in [1.82, 2.24) is 9.88 Å². The minimum atomic E-state index is -0.954. The van der Waals surface area contributed by atoms with Crippen LogP contribution in [0.15, 0.2) is 48.5 Å². The number of aryl methyl sites for hydroxylation is 1. The Kier molecular flexibility index (Phi) is 4.86. The Labute approximate surface area is 161 Å². The molecule has 0 saturated carbocycles. The summed E-state index contributed by atoms with van der Waals surface area (Å²) >= 11 is 0. The predicted octanol–water partition coefficient (Wildman–Crippen LogP) is 3.98. The van der Waals surface area contributed by atoms with Crippen LogP contribution in [0.3, 0.4) is 0 Å². The zero-order valence-electron chi connectivity index (χ0n) is 15.3. The highest BCUT2D eigenvalue weighted by molar-refractivity contribution is 5.92. The van der Waals surface area contributed by atoms with Gasteiger partial charge >= 0.3 is 5.97 Å². The molecule has 0 aliphatic carbocycles. The van der Waals surface area contributed by atoms with Gasteiger partial charge in [-0.05, 0) is 48.6 Å². The number of aromatic amines is 1. The van der Waals surface area contributed by atoms with Crippen molar-refractivity contribution in [3.63, 3.8) is 0 Å². The Balaban J connectivity index is 1.65. The Bertz CT molecular complexity index is 1030. The van der Waals surface area contributed by atoms with Crippen LogP contribution in [-0.4, -0.2) is 39.5 Å². The van der Waals surface area contributed by atoms with Crippen LogP contribution >= 0.6 is 0 Å². The molecule has 0 radical (unpaired) electrons. The van der Waals surface area contributed by atoms with Crippen LogP contribution in [0, 0.1) is 5.82 Å². The van der Waals surface area contributed by atoms with Gasteiger partial charge in [0, 0.05) is 29.6 Å². The summed E-state index contributed by atoms with van der Waals surface area (Å²) in [4.78, 5) is 28.8. The van der Waals surface area contributed by atoms with E-state index in [9.17, 15) is 19.1 Å². The van der Waals surface area contributed by atoms with E-state index >= 15 is 0 Å². The number of aliphatic carboxylic acids is 1. The van der Waals surface area contributed by atoms with Crippen molar-refractivity contribution in [1.29, 1.82) is 0 Å². The molecular weight excluding hydrogens is 359 g/mol. The molecule has 1 amide bonds. The molecule has 2 N–H and O–H groups in total. The van der Waals surface area contributed by atoms with Crippen LogP contribution in [0.25, 0.3) is 22.2 Å². The molecule has 28 heavy (non-hydrogen) atoms. The third kappa shape index (κ3) is 3.38. The highest BCUT2D eigenvalue weighted by atomic mass is 19.1. The molecule has 1 saturated heterocycles. The molecular formula is C22H21FN2O3. The fourth-order valence-corrected chi connectivity index (χ4v) is 4.03. The minimum absolute atomic E-state index is 0.172. The lowest BCUT2D eigenvalue weighted by Gasteiger charge is -2.21. The molecule has 0 spiro atoms. The topological polar surface area (TPSA) is 73.4 Å². The first-order valence-electron chi connectivity index (χ1n) is 9.42. The normalized spacial score (nSPS) is 16.6. The highest BCUT2D eigenvalue weighted by Crippen LogP contribution is 2.32. The molecule has 1 unspecified atom stereocenters. The van der Waals surface area contributed by atoms with Gasteiger partial charge in [0.15, 0.2) is 0 Å². The third-order valence-corrected chi connectivity index (χ3v) is 5.38. The zero-order chi connectivity index (χ0) is 19.7. The zero-order valence-corrected chi connectivity index (χ0v) is 15.3. The lowest BCUT2D eigenvalue weighted by atomic mass is 10.0. The number of fused-ring (bicyclic) bond motifs is 1. The van der Waals surface area contributed by atoms with Crippen molar-refractivity contribution in [2.24, 2.45) is 0 Å². The van der Waals surface area contributed by atoms with Gasteiger partial charge in [0.05, 0.1) is 0 Å². The number of carbonyl (C=O) groups excluding carboxylic acids is 1. The Morgan fingerprint density at radius 3 is 2.71 bits per heavy atom. The minimum Gasteiger partial charge on any atom is -0.480 e. The van der Waals surface area contributed by atoms with Gasteiger partial charge in [-0.2, -0.15) is 0 Å². The van der Waals surface area contributed by atoms with E-state index in [1.807, 2.05) is 30.3 Å². The van der Waals surface area contributed by atoms with Gasteiger partial charge in [-0.1, -0.05) is 30.3 Å². The van der Waals surface area contributed by atoms with E-state index in [1.54, 1.807) is 6.07 Å². The molecule has 4 rings (SSSR count). The van der Waals surface area contributed by atoms with Crippen molar-refractivity contribution < 1.29 is 19.1 Å². The maximum absolute atomic E-state index is 13.9. The average molecular weight is 380 g/mol. The molecule has 5 nitrogen and oxygen atoms in total. The van der Waals surface area contributed by atoms with Crippen molar-refractivity contribution in [2.75, 3.05) is 6.54 Å². The van der Waals surface area contributed by atoms with Crippen LogP contribution < -0.4 is 0 Å². The molecule has 3 aromatic rings. The number of carboxylic acids is 1. The fourth-order valence-electron chi connectivity index (χ4n) is 4.03. The van der Waals surface area contributed by atoms with Crippen molar-refractivity contribution in [2.45, 2.75) is 31.7 Å². The first kappa shape index (κ1) is 18.2. The number of amides is 1. The second-order valence-electron chi connectivity index (χ2n) is 7.12. The molecule has 6 heteroatoms. The maximum atomic E-state index is 13.9. The molecule has 2 aromatic carbocycles. The number of hydrogen-bond donors (Lipinski definition) is 2. The van der Waals surface area contributed by atoms with E-state index in [2.05, 4.69) is 4.98 Å². The lowest BCUT2D eigenvalue weighted by molar-refractivity contribution is -0.148. The highest BCUT2D eigenvalue weighted by Gasteiger charge is 2.33. The molecule has 1 aromatic heterocycles. The monoisotopic (exact) mass is 380 g/mol. The van der Waals surface area contributed by atoms with Crippen molar-refractivity contribution in [3.8, 4) is 11.3 Å². The SMILES string of the molecule is O=C(O)C1CCCN1C(=O)CCc1c(-c2ccccc2)[nH]c2ccc(F)cc12. The number of rotatable bonds is 5. The van der Waals surface area contributed by atoms with E-state index in [-0.39, 0.29) is 18.1 Å². The van der Waals surface area contributed by atoms with Gasteiger partial charge in [-0.25, -0.2) is 9.18 Å². The van der Waals surface area contributed by atoms with Gasteiger partial charge in [-0.15, -0.1) is 0 Å². The molecule has 144 valence electrons. The van der Waals surface area contributed by atoms with E-state index in [0.29, 0.717) is 25.8 Å². The molecule has 1 aliphatic heterocycles. The molecule has 1 aliphatic rings. The Hall–Kier alpha value is -3.15. The number of halogens is 1. The van der Waals surface area contributed by atoms with Crippen LogP contribution in [-0.2, 0) is 16.0 Å². The Morgan fingerprint density at radius 1 is 1.18 bits per heavy atom. The van der Waals surface area contributed by atoms with Crippen LogP contribution in [0.1, 0.15) is 24.8 Å². The second-order valence-corrected chi connectivity index (χ2v) is 7.12. The summed E-state index contributed by atoms with van der Waals surface area (Å²) in [7, 11) is 0. The third-order valence-electron chi connectivity index (χ3n) is 5.38. The summed E-state index contributed by atoms with van der Waals surface area (Å²) in [6.07, 6.45) is 1.80. The van der Waals surface area contributed by atoms with Crippen LogP contribution in [0.2, 0.25) is 0 Å². The van der Waals surface area contributed by atoms with E-state index in [4.69, 9.17) is 0 Å². The summed E-state index contributed by atoms with van der Waals surface area (Å²) in [5.41, 5.74) is 3.52. The van der Waals surface area contributed by atoms with Crippen LogP contribution in [0.4, 0.5) is 4.39 Å². The number of likely N-dealkylation sites (tertiary alicyclic amines) is 1.